The highest BCUT2D eigenvalue weighted by Gasteiger charge is 2.24. The molecule has 0 bridgehead atoms. The number of fused-ring (bicyclic) bond motifs is 5. The van der Waals surface area contributed by atoms with Crippen LogP contribution < -0.4 is 9.03 Å². The van der Waals surface area contributed by atoms with Crippen molar-refractivity contribution in [3.05, 3.63) is 54.1 Å². The molecule has 1 aromatic heterocycles. The Morgan fingerprint density at radius 2 is 1.69 bits per heavy atom. The highest BCUT2D eigenvalue weighted by Crippen LogP contribution is 2.41. The number of nitrogens with one attached hydrogen (secondary N) is 2. The summed E-state index contributed by atoms with van der Waals surface area (Å²) in [6, 6.07) is 16.8. The maximum atomic E-state index is 5.03. The zero-order chi connectivity index (χ0) is 19.9. The van der Waals surface area contributed by atoms with Crippen LogP contribution in [-0.4, -0.2) is 28.6 Å². The van der Waals surface area contributed by atoms with Crippen LogP contribution in [0.25, 0.3) is 22.5 Å². The van der Waals surface area contributed by atoms with Gasteiger partial charge in [-0.15, -0.1) is 0 Å². The lowest BCUT2D eigenvalue weighted by molar-refractivity contribution is 0.353. The minimum Gasteiger partial charge on any atom is -0.366 e. The van der Waals surface area contributed by atoms with Crippen molar-refractivity contribution in [3.63, 3.8) is 0 Å². The van der Waals surface area contributed by atoms with Crippen molar-refractivity contribution in [2.24, 2.45) is 0 Å². The molecule has 29 heavy (non-hydrogen) atoms. The maximum Gasteiger partial charge on any atom is 0.122 e. The molecule has 0 saturated heterocycles. The summed E-state index contributed by atoms with van der Waals surface area (Å²) in [6.45, 7) is 2.59. The predicted molar refractivity (Wildman–Crippen MR) is 123 cm³/mol. The Kier molecular flexibility index (Phi) is 7.17. The van der Waals surface area contributed by atoms with Crippen LogP contribution in [0.2, 0.25) is 0 Å². The molecule has 1 aliphatic heterocycles. The largest absolute Gasteiger partial charge is 0.366 e. The van der Waals surface area contributed by atoms with Gasteiger partial charge in [0.25, 0.3) is 0 Å². The van der Waals surface area contributed by atoms with Crippen molar-refractivity contribution in [2.45, 2.75) is 32.2 Å². The summed E-state index contributed by atoms with van der Waals surface area (Å²) in [7, 11) is 2.31. The van der Waals surface area contributed by atoms with Crippen molar-refractivity contribution < 1.29 is 4.52 Å². The molecule has 4 rings (SSSR count). The lowest BCUT2D eigenvalue weighted by Crippen LogP contribution is -2.23. The van der Waals surface area contributed by atoms with Crippen molar-refractivity contribution >= 4 is 27.3 Å². The molecule has 0 radical (unpaired) electrons. The Hall–Kier alpha value is -1.92. The van der Waals surface area contributed by atoms with Crippen molar-refractivity contribution in [3.8, 4) is 22.5 Å². The molecule has 0 fully saturated rings. The van der Waals surface area contributed by atoms with Crippen molar-refractivity contribution in [2.75, 3.05) is 17.5 Å². The number of para-hydroxylation sites is 1. The first-order valence-electron chi connectivity index (χ1n) is 9.96. The zero-order valence-corrected chi connectivity index (χ0v) is 18.3. The average molecular weight is 428 g/mol. The molecule has 0 aliphatic carbocycles. The molecule has 8 heteroatoms. The molecular weight excluding hydrogens is 401 g/mol. The molecule has 2 heterocycles. The third-order valence-electron chi connectivity index (χ3n) is 5.03. The van der Waals surface area contributed by atoms with Gasteiger partial charge in [0.2, 0.25) is 0 Å². The van der Waals surface area contributed by atoms with E-state index in [4.69, 9.17) is 4.52 Å². The predicted octanol–water partition coefficient (Wildman–Crippen LogP) is 4.98. The van der Waals surface area contributed by atoms with E-state index in [1.165, 1.54) is 18.4 Å². The minimum atomic E-state index is 0.794. The second-order valence-electron chi connectivity index (χ2n) is 7.00. The number of aromatic amines is 1. The Morgan fingerprint density at radius 3 is 2.55 bits per heavy atom. The number of anilines is 1. The Balaban J connectivity index is 1.51. The van der Waals surface area contributed by atoms with Gasteiger partial charge in [-0.3, -0.25) is 4.31 Å². The molecule has 152 valence electrons. The molecule has 0 amide bonds. The van der Waals surface area contributed by atoms with Gasteiger partial charge in [-0.05, 0) is 24.5 Å². The van der Waals surface area contributed by atoms with Crippen molar-refractivity contribution in [1.82, 2.24) is 20.1 Å². The number of benzene rings is 2. The first-order valence-corrected chi connectivity index (χ1v) is 11.2. The number of unbranched alkanes of at least 4 members (excludes halogenated alkanes) is 3. The molecule has 0 saturated carbocycles. The van der Waals surface area contributed by atoms with Gasteiger partial charge < -0.3 is 4.52 Å². The lowest BCUT2D eigenvalue weighted by Gasteiger charge is -2.28. The maximum absolute atomic E-state index is 5.03. The first-order chi connectivity index (χ1) is 14.4. The highest BCUT2D eigenvalue weighted by atomic mass is 32.2. The van der Waals surface area contributed by atoms with E-state index in [2.05, 4.69) is 82.4 Å². The number of hydrogen-bond donors (Lipinski definition) is 2. The normalized spacial score (nSPS) is 12.7. The van der Waals surface area contributed by atoms with Gasteiger partial charge in [0, 0.05) is 39.3 Å². The van der Waals surface area contributed by atoms with Gasteiger partial charge in [0.1, 0.15) is 11.4 Å². The van der Waals surface area contributed by atoms with E-state index >= 15 is 0 Å². The summed E-state index contributed by atoms with van der Waals surface area (Å²) in [5.41, 5.74) is 6.43. The first kappa shape index (κ1) is 20.4. The van der Waals surface area contributed by atoms with Gasteiger partial charge in [-0.2, -0.15) is 15.4 Å². The second-order valence-corrected chi connectivity index (χ2v) is 8.25. The summed E-state index contributed by atoms with van der Waals surface area (Å²) in [6.07, 6.45) is 4.69. The van der Waals surface area contributed by atoms with Gasteiger partial charge >= 0.3 is 0 Å². The van der Waals surface area contributed by atoms with Crippen LogP contribution in [-0.2, 0) is 11.1 Å². The van der Waals surface area contributed by atoms with Crippen LogP contribution >= 0.6 is 21.6 Å². The Morgan fingerprint density at radius 1 is 0.966 bits per heavy atom. The van der Waals surface area contributed by atoms with Crippen molar-refractivity contribution in [1.29, 1.82) is 0 Å². The molecule has 0 spiro atoms. The smallest absolute Gasteiger partial charge is 0.122 e. The number of aromatic nitrogens is 3. The Bertz CT molecular complexity index is 935. The van der Waals surface area contributed by atoms with E-state index in [0.717, 1.165) is 60.7 Å². The van der Waals surface area contributed by atoms with Crippen LogP contribution in [0.1, 0.15) is 31.2 Å². The quantitative estimate of drug-likeness (QED) is 0.285. The summed E-state index contributed by atoms with van der Waals surface area (Å²) < 4.78 is 10.9. The van der Waals surface area contributed by atoms with E-state index < -0.39 is 0 Å². The molecule has 6 nitrogen and oxygen atoms in total. The number of nitrogens with zero attached hydrogens (tertiary/aromatic N) is 3. The van der Waals surface area contributed by atoms with E-state index in [1.54, 1.807) is 12.1 Å². The SMILES string of the molecule is POCCCCCCNSN1Cc2ccccc2-c2n[nH]nc2-c2ccccc21. The monoisotopic (exact) mass is 427 g/mol. The van der Waals surface area contributed by atoms with E-state index in [1.807, 2.05) is 0 Å². The number of hydrogen-bond acceptors (Lipinski definition) is 6. The van der Waals surface area contributed by atoms with Crippen LogP contribution in [0, 0.1) is 0 Å². The molecular formula is C21H26N5OPS. The molecule has 2 N–H and O–H groups in total. The molecule has 2 aromatic carbocycles. The molecule has 3 aromatic rings. The summed E-state index contributed by atoms with van der Waals surface area (Å²) >= 11 is 1.67. The third-order valence-corrected chi connectivity index (χ3v) is 6.14. The lowest BCUT2D eigenvalue weighted by atomic mass is 9.97. The van der Waals surface area contributed by atoms with E-state index in [-0.39, 0.29) is 0 Å². The van der Waals surface area contributed by atoms with Crippen LogP contribution in [0.4, 0.5) is 5.69 Å². The topological polar surface area (TPSA) is 66.1 Å². The number of rotatable bonds is 9. The molecule has 1 atom stereocenters. The summed E-state index contributed by atoms with van der Waals surface area (Å²) in [4.78, 5) is 0. The fourth-order valence-electron chi connectivity index (χ4n) is 3.57. The number of H-pyrrole nitrogens is 1. The minimum absolute atomic E-state index is 0.794. The second kappa shape index (κ2) is 10.2. The Labute approximate surface area is 178 Å². The molecule has 1 unspecified atom stereocenters. The van der Waals surface area contributed by atoms with Crippen LogP contribution in [0.5, 0.6) is 0 Å². The van der Waals surface area contributed by atoms with E-state index in [9.17, 15) is 0 Å². The van der Waals surface area contributed by atoms with Gasteiger partial charge in [-0.1, -0.05) is 55.3 Å². The van der Waals surface area contributed by atoms with Gasteiger partial charge in [0.05, 0.1) is 18.8 Å². The fraction of sp³-hybridized carbons (Fsp3) is 0.333. The van der Waals surface area contributed by atoms with Gasteiger partial charge in [-0.25, -0.2) is 4.72 Å². The zero-order valence-electron chi connectivity index (χ0n) is 16.3. The standard InChI is InChI=1S/C21H26N5OPS/c28-27-14-8-2-1-7-13-22-29-26-15-16-9-3-4-10-17(16)20-21(24-25-23-20)18-11-5-6-12-19(18)26/h3-6,9-12,22H,1-2,7-8,13-15,28H2,(H,23,24,25). The summed E-state index contributed by atoms with van der Waals surface area (Å²) in [5.74, 6) is 0. The van der Waals surface area contributed by atoms with E-state index in [0.29, 0.717) is 0 Å². The van der Waals surface area contributed by atoms with Crippen LogP contribution in [0.15, 0.2) is 48.5 Å². The van der Waals surface area contributed by atoms with Crippen LogP contribution in [0.3, 0.4) is 0 Å². The highest BCUT2D eigenvalue weighted by molar-refractivity contribution is 7.98. The average Bonchev–Trinajstić information content (AvgIpc) is 3.23. The third kappa shape index (κ3) is 4.81. The van der Waals surface area contributed by atoms with Gasteiger partial charge in [0.15, 0.2) is 0 Å². The fourth-order valence-corrected chi connectivity index (χ4v) is 4.59. The summed E-state index contributed by atoms with van der Waals surface area (Å²) in [5, 5.41) is 11.7. The molecule has 1 aliphatic rings.